The van der Waals surface area contributed by atoms with Crippen molar-refractivity contribution in [1.29, 1.82) is 0 Å². The molecule has 0 bridgehead atoms. The lowest BCUT2D eigenvalue weighted by Gasteiger charge is -1.77. The second-order valence-corrected chi connectivity index (χ2v) is 0.577. The number of quaternary nitrogens is 1. The molecule has 0 fully saturated rings. The molecule has 0 unspecified atom stereocenters. The molecule has 0 amide bonds. The van der Waals surface area contributed by atoms with Gasteiger partial charge in [-0.3, -0.25) is 5.43 Å². The van der Waals surface area contributed by atoms with Crippen molar-refractivity contribution in [3.05, 3.63) is 0 Å². The van der Waals surface area contributed by atoms with Gasteiger partial charge in [-0.15, -0.1) is 0 Å². The van der Waals surface area contributed by atoms with Gasteiger partial charge in [-0.2, -0.15) is 5.43 Å². The van der Waals surface area contributed by atoms with Crippen LogP contribution in [0.2, 0.25) is 0 Å². The molecule has 0 aromatic carbocycles. The van der Waals surface area contributed by atoms with E-state index in [2.05, 4.69) is 5.43 Å². The molecule has 0 rings (SSSR count). The van der Waals surface area contributed by atoms with Gasteiger partial charge in [0, 0.05) is 7.05 Å². The average molecular weight is 61.1 g/mol. The van der Waals surface area contributed by atoms with Crippen LogP contribution < -0.4 is 10.9 Å². The van der Waals surface area contributed by atoms with Crippen molar-refractivity contribution in [2.45, 2.75) is 0 Å². The topological polar surface area (TPSA) is 28.6 Å². The van der Waals surface area contributed by atoms with Gasteiger partial charge in [-0.25, -0.2) is 0 Å². The molecule has 0 aromatic heterocycles. The van der Waals surface area contributed by atoms with Crippen LogP contribution in [-0.2, 0) is 0 Å². The van der Waals surface area contributed by atoms with Crippen LogP contribution in [0.25, 0.3) is 0 Å². The highest BCUT2D eigenvalue weighted by molar-refractivity contribution is 3.66. The Labute approximate surface area is 26.2 Å². The largest absolute Gasteiger partial charge is 0.272 e. The van der Waals surface area contributed by atoms with Crippen LogP contribution in [0, 0.1) is 0 Å². The summed E-state index contributed by atoms with van der Waals surface area (Å²) in [5, 5.41) is 0. The van der Waals surface area contributed by atoms with Crippen LogP contribution in [0.15, 0.2) is 0 Å². The number of nitrogens with one attached hydrogen (secondary N) is 1. The smallest absolute Gasteiger partial charge is 0.0825 e. The van der Waals surface area contributed by atoms with Gasteiger partial charge >= 0.3 is 0 Å². The summed E-state index contributed by atoms with van der Waals surface area (Å²) in [7, 11) is 3.82. The lowest BCUT2D eigenvalue weighted by atomic mass is 11.4. The van der Waals surface area contributed by atoms with Crippen molar-refractivity contribution in [2.24, 2.45) is 0 Å². The minimum absolute atomic E-state index is 1.88. The molecule has 3 N–H and O–H groups in total. The molecule has 0 spiro atoms. The van der Waals surface area contributed by atoms with Crippen LogP contribution in [0.3, 0.4) is 0 Å². The summed E-state index contributed by atoms with van der Waals surface area (Å²) >= 11 is 0. The zero-order valence-corrected chi connectivity index (χ0v) is 3.08. The van der Waals surface area contributed by atoms with E-state index in [0.717, 1.165) is 0 Å². The third-order valence-corrected chi connectivity index (χ3v) is 0.289. The minimum Gasteiger partial charge on any atom is -0.272 e. The number of hydrogen-bond donors (Lipinski definition) is 2. The molecule has 0 radical (unpaired) electrons. The zero-order valence-electron chi connectivity index (χ0n) is 3.08. The Hall–Kier alpha value is -0.0800. The Morgan fingerprint density at radius 2 is 2.00 bits per heavy atom. The second kappa shape index (κ2) is 2.92. The van der Waals surface area contributed by atoms with Gasteiger partial charge in [-0.05, 0) is 0 Å². The summed E-state index contributed by atoms with van der Waals surface area (Å²) in [5.74, 6) is 0. The highest BCUT2D eigenvalue weighted by Crippen LogP contribution is 0.823. The SMILES string of the molecule is CN[NH2+]C. The van der Waals surface area contributed by atoms with Crippen molar-refractivity contribution in [2.75, 3.05) is 14.1 Å². The minimum atomic E-state index is 1.88. The first-order valence-corrected chi connectivity index (χ1v) is 1.37. The van der Waals surface area contributed by atoms with E-state index in [0.29, 0.717) is 0 Å². The van der Waals surface area contributed by atoms with E-state index in [1.165, 1.54) is 0 Å². The Kier molecular flexibility index (Phi) is 2.86. The van der Waals surface area contributed by atoms with E-state index in [4.69, 9.17) is 0 Å². The Morgan fingerprint density at radius 3 is 2.00 bits per heavy atom. The van der Waals surface area contributed by atoms with Crippen LogP contribution in [0.1, 0.15) is 0 Å². The maximum atomic E-state index is 2.81. The third-order valence-electron chi connectivity index (χ3n) is 0.289. The van der Waals surface area contributed by atoms with E-state index < -0.39 is 0 Å². The fourth-order valence-electron chi connectivity index (χ4n) is 0. The van der Waals surface area contributed by atoms with Gasteiger partial charge in [0.05, 0.1) is 7.05 Å². The lowest BCUT2D eigenvalue weighted by Crippen LogP contribution is -2.88. The van der Waals surface area contributed by atoms with Crippen molar-refractivity contribution >= 4 is 0 Å². The predicted molar refractivity (Wildman–Crippen MR) is 16.9 cm³/mol. The number of nitrogens with two attached hydrogens (primary N) is 1. The van der Waals surface area contributed by atoms with Gasteiger partial charge in [0.15, 0.2) is 0 Å². The van der Waals surface area contributed by atoms with E-state index in [-0.39, 0.29) is 0 Å². The molecule has 0 aromatic rings. The first-order valence-electron chi connectivity index (χ1n) is 1.37. The molecular weight excluding hydrogens is 52.0 g/mol. The number of hydrogen-bond acceptors (Lipinski definition) is 1. The maximum absolute atomic E-state index is 2.81. The molecule has 0 aliphatic rings. The van der Waals surface area contributed by atoms with E-state index in [1.807, 2.05) is 19.5 Å². The fraction of sp³-hybridized carbons (Fsp3) is 1.00. The average Bonchev–Trinajstić information content (AvgIpc) is 1.37. The zero-order chi connectivity index (χ0) is 3.41. The molecule has 0 aliphatic carbocycles. The number of rotatable bonds is 1. The molecule has 4 heavy (non-hydrogen) atoms. The third kappa shape index (κ3) is 1.92. The molecule has 0 aliphatic heterocycles. The molecule has 2 heteroatoms. The fourth-order valence-corrected chi connectivity index (χ4v) is 0. The van der Waals surface area contributed by atoms with E-state index in [9.17, 15) is 0 Å². The molecule has 0 saturated heterocycles. The molecule has 2 nitrogen and oxygen atoms in total. The maximum Gasteiger partial charge on any atom is 0.0825 e. The summed E-state index contributed by atoms with van der Waals surface area (Å²) in [6.45, 7) is 0. The monoisotopic (exact) mass is 61.1 g/mol. The summed E-state index contributed by atoms with van der Waals surface area (Å²) in [6.07, 6.45) is 0. The van der Waals surface area contributed by atoms with Crippen molar-refractivity contribution in [3.63, 3.8) is 0 Å². The van der Waals surface area contributed by atoms with Gasteiger partial charge in [0.1, 0.15) is 0 Å². The summed E-state index contributed by atoms with van der Waals surface area (Å²) in [4.78, 5) is 0. The summed E-state index contributed by atoms with van der Waals surface area (Å²) in [5.41, 5.74) is 4.68. The lowest BCUT2D eigenvalue weighted by molar-refractivity contribution is -0.681. The van der Waals surface area contributed by atoms with Crippen LogP contribution >= 0.6 is 0 Å². The van der Waals surface area contributed by atoms with Crippen LogP contribution in [0.5, 0.6) is 0 Å². The highest BCUT2D eigenvalue weighted by Gasteiger charge is 1.48. The van der Waals surface area contributed by atoms with Gasteiger partial charge in [0.25, 0.3) is 0 Å². The van der Waals surface area contributed by atoms with E-state index >= 15 is 0 Å². The first kappa shape index (κ1) is 3.92. The standard InChI is InChI=1S/C2H8N2/c1-3-4-2/h3-4H,1-2H3/p+1. The molecule has 0 atom stereocenters. The van der Waals surface area contributed by atoms with Crippen molar-refractivity contribution in [1.82, 2.24) is 5.43 Å². The van der Waals surface area contributed by atoms with Crippen LogP contribution in [-0.4, -0.2) is 14.1 Å². The summed E-state index contributed by atoms with van der Waals surface area (Å²) < 4.78 is 0. The first-order chi connectivity index (χ1) is 1.91. The second-order valence-electron chi connectivity index (χ2n) is 0.577. The molecule has 0 saturated carbocycles. The Bertz CT molecular complexity index is 6.00. The van der Waals surface area contributed by atoms with Crippen LogP contribution in [0.4, 0.5) is 0 Å². The molecular formula is C2H9N2+. The highest BCUT2D eigenvalue weighted by atomic mass is 15.3. The normalized spacial score (nSPS) is 7.50. The van der Waals surface area contributed by atoms with Gasteiger partial charge in [-0.1, -0.05) is 0 Å². The van der Waals surface area contributed by atoms with Crippen molar-refractivity contribution < 1.29 is 5.43 Å². The Morgan fingerprint density at radius 1 is 1.75 bits per heavy atom. The van der Waals surface area contributed by atoms with Gasteiger partial charge in [0.2, 0.25) is 0 Å². The van der Waals surface area contributed by atoms with E-state index in [1.54, 1.807) is 0 Å². The predicted octanol–water partition coefficient (Wildman–Crippen LogP) is -1.69. The van der Waals surface area contributed by atoms with Crippen molar-refractivity contribution in [3.8, 4) is 0 Å². The molecule has 26 valence electrons. The molecule has 0 heterocycles. The van der Waals surface area contributed by atoms with Gasteiger partial charge < -0.3 is 0 Å². The summed E-state index contributed by atoms with van der Waals surface area (Å²) in [6, 6.07) is 0. The Balaban J connectivity index is 1.97. The quantitative estimate of drug-likeness (QED) is 0.275.